The van der Waals surface area contributed by atoms with Gasteiger partial charge in [0.25, 0.3) is 0 Å². The van der Waals surface area contributed by atoms with Gasteiger partial charge in [0.1, 0.15) is 0 Å². The van der Waals surface area contributed by atoms with E-state index in [1.807, 2.05) is 42.6 Å². The second kappa shape index (κ2) is 5.71. The van der Waals surface area contributed by atoms with Gasteiger partial charge in [0.15, 0.2) is 0 Å². The van der Waals surface area contributed by atoms with Gasteiger partial charge >= 0.3 is 0 Å². The zero-order valence-corrected chi connectivity index (χ0v) is 11.5. The largest absolute Gasteiger partial charge is 0.259 e. The lowest BCUT2D eigenvalue weighted by molar-refractivity contribution is 1.16. The number of hydrogen-bond donors (Lipinski definition) is 0. The summed E-state index contributed by atoms with van der Waals surface area (Å²) >= 11 is 10.9. The monoisotopic (exact) mass is 313 g/mol. The van der Waals surface area contributed by atoms with Crippen LogP contribution in [0.25, 0.3) is 0 Å². The highest BCUT2D eigenvalue weighted by Gasteiger charge is 1.97. The zero-order valence-electron chi connectivity index (χ0n) is 8.36. The van der Waals surface area contributed by atoms with Crippen molar-refractivity contribution in [2.24, 2.45) is 0 Å². The first-order valence-electron chi connectivity index (χ1n) is 4.73. The lowest BCUT2D eigenvalue weighted by Crippen LogP contribution is -1.85. The van der Waals surface area contributed by atoms with Crippen LogP contribution in [0.5, 0.6) is 0 Å². The lowest BCUT2D eigenvalue weighted by atomic mass is 10.4. The molecule has 0 unspecified atom stereocenters. The number of thioether (sulfide) groups is 1. The third-order valence-corrected chi connectivity index (χ3v) is 3.76. The minimum Gasteiger partial charge on any atom is -0.259 e. The first-order valence-corrected chi connectivity index (χ1v) is 6.88. The van der Waals surface area contributed by atoms with Gasteiger partial charge in [-0.1, -0.05) is 11.6 Å². The van der Waals surface area contributed by atoms with Gasteiger partial charge in [-0.25, -0.2) is 0 Å². The van der Waals surface area contributed by atoms with Crippen LogP contribution < -0.4 is 0 Å². The zero-order chi connectivity index (χ0) is 11.4. The molecule has 1 nitrogen and oxygen atoms in total. The van der Waals surface area contributed by atoms with Crippen LogP contribution in [0.15, 0.2) is 52.0 Å². The Hall–Kier alpha value is -0.510. The third-order valence-electron chi connectivity index (χ3n) is 1.99. The quantitative estimate of drug-likeness (QED) is 0.756. The molecule has 1 aromatic heterocycles. The predicted molar refractivity (Wildman–Crippen MR) is 73.0 cm³/mol. The fourth-order valence-electron chi connectivity index (χ4n) is 1.18. The van der Waals surface area contributed by atoms with E-state index in [0.29, 0.717) is 0 Å². The summed E-state index contributed by atoms with van der Waals surface area (Å²) in [5.74, 6) is 0.870. The molecule has 4 heteroatoms. The summed E-state index contributed by atoms with van der Waals surface area (Å²) < 4.78 is 1.01. The van der Waals surface area contributed by atoms with E-state index in [0.717, 1.165) is 20.9 Å². The van der Waals surface area contributed by atoms with Crippen molar-refractivity contribution in [2.75, 3.05) is 0 Å². The molecule has 0 atom stereocenters. The third kappa shape index (κ3) is 3.51. The van der Waals surface area contributed by atoms with E-state index in [9.17, 15) is 0 Å². The van der Waals surface area contributed by atoms with E-state index in [-0.39, 0.29) is 0 Å². The highest BCUT2D eigenvalue weighted by Crippen LogP contribution is 2.23. The van der Waals surface area contributed by atoms with Crippen molar-refractivity contribution in [3.05, 3.63) is 57.8 Å². The molecule has 0 aliphatic heterocycles. The first-order chi connectivity index (χ1) is 7.74. The van der Waals surface area contributed by atoms with E-state index >= 15 is 0 Å². The topological polar surface area (TPSA) is 12.9 Å². The smallest absolute Gasteiger partial charge is 0.0507 e. The molecule has 2 rings (SSSR count). The summed E-state index contributed by atoms with van der Waals surface area (Å²) in [4.78, 5) is 5.52. The number of hydrogen-bond acceptors (Lipinski definition) is 2. The summed E-state index contributed by atoms with van der Waals surface area (Å²) in [5, 5.41) is 0.770. The molecule has 0 spiro atoms. The summed E-state index contributed by atoms with van der Waals surface area (Å²) in [6.07, 6.45) is 1.82. The average Bonchev–Trinajstić information content (AvgIpc) is 2.30. The summed E-state index contributed by atoms with van der Waals surface area (Å²) in [6.45, 7) is 0. The Morgan fingerprint density at radius 2 is 1.88 bits per heavy atom. The molecule has 0 fully saturated rings. The first kappa shape index (κ1) is 12.0. The molecule has 0 aliphatic carbocycles. The Labute approximate surface area is 112 Å². The Kier molecular flexibility index (Phi) is 4.27. The summed E-state index contributed by atoms with van der Waals surface area (Å²) in [5.41, 5.74) is 1.07. The van der Waals surface area contributed by atoms with Gasteiger partial charge in [-0.15, -0.1) is 11.8 Å². The molecule has 0 N–H and O–H groups in total. The Morgan fingerprint density at radius 1 is 1.12 bits per heavy atom. The standard InChI is InChI=1S/C12H9BrClNS/c13-9-1-4-11(15-7-9)8-16-12-5-2-10(14)3-6-12/h1-7H,8H2. The van der Waals surface area contributed by atoms with E-state index in [2.05, 4.69) is 20.9 Å². The van der Waals surface area contributed by atoms with Crippen LogP contribution in [0.2, 0.25) is 5.02 Å². The van der Waals surface area contributed by atoms with Crippen molar-refractivity contribution in [1.82, 2.24) is 4.98 Å². The van der Waals surface area contributed by atoms with E-state index in [4.69, 9.17) is 11.6 Å². The van der Waals surface area contributed by atoms with Gasteiger partial charge in [0.05, 0.1) is 5.69 Å². The average molecular weight is 315 g/mol. The maximum absolute atomic E-state index is 5.82. The number of rotatable bonds is 3. The number of pyridine rings is 1. The van der Waals surface area contributed by atoms with Crippen LogP contribution in [0.1, 0.15) is 5.69 Å². The van der Waals surface area contributed by atoms with Gasteiger partial charge in [0, 0.05) is 26.3 Å². The van der Waals surface area contributed by atoms with Crippen molar-refractivity contribution < 1.29 is 0 Å². The summed E-state index contributed by atoms with van der Waals surface area (Å²) in [7, 11) is 0. The molecule has 0 aliphatic rings. The SMILES string of the molecule is Clc1ccc(SCc2ccc(Br)cn2)cc1. The molecule has 1 heterocycles. The fourth-order valence-corrected chi connectivity index (χ4v) is 2.35. The number of aromatic nitrogens is 1. The van der Waals surface area contributed by atoms with Gasteiger partial charge in [-0.2, -0.15) is 0 Å². The van der Waals surface area contributed by atoms with Crippen molar-refractivity contribution in [3.63, 3.8) is 0 Å². The molecular formula is C12H9BrClNS. The van der Waals surface area contributed by atoms with Crippen molar-refractivity contribution >= 4 is 39.3 Å². The highest BCUT2D eigenvalue weighted by atomic mass is 79.9. The second-order valence-electron chi connectivity index (χ2n) is 3.21. The molecule has 0 amide bonds. The molecule has 1 aromatic carbocycles. The minimum absolute atomic E-state index is 0.770. The Bertz CT molecular complexity index is 410. The molecule has 2 aromatic rings. The number of benzene rings is 1. The summed E-state index contributed by atoms with van der Waals surface area (Å²) in [6, 6.07) is 11.9. The van der Waals surface area contributed by atoms with Crippen LogP contribution >= 0.6 is 39.3 Å². The molecule has 0 saturated heterocycles. The molecule has 0 radical (unpaired) electrons. The second-order valence-corrected chi connectivity index (χ2v) is 5.61. The Morgan fingerprint density at radius 3 is 2.50 bits per heavy atom. The molecule has 16 heavy (non-hydrogen) atoms. The Balaban J connectivity index is 1.97. The van der Waals surface area contributed by atoms with Crippen LogP contribution in [-0.2, 0) is 5.75 Å². The van der Waals surface area contributed by atoms with Gasteiger partial charge in [0.2, 0.25) is 0 Å². The van der Waals surface area contributed by atoms with Crippen LogP contribution in [0, 0.1) is 0 Å². The molecule has 82 valence electrons. The van der Waals surface area contributed by atoms with E-state index in [1.54, 1.807) is 11.8 Å². The van der Waals surface area contributed by atoms with Crippen LogP contribution in [0.3, 0.4) is 0 Å². The van der Waals surface area contributed by atoms with Gasteiger partial charge in [-0.05, 0) is 52.3 Å². The minimum atomic E-state index is 0.770. The highest BCUT2D eigenvalue weighted by molar-refractivity contribution is 9.10. The van der Waals surface area contributed by atoms with Gasteiger partial charge in [-0.3, -0.25) is 4.98 Å². The van der Waals surface area contributed by atoms with Crippen LogP contribution in [-0.4, -0.2) is 4.98 Å². The van der Waals surface area contributed by atoms with Crippen LogP contribution in [0.4, 0.5) is 0 Å². The maximum atomic E-state index is 5.82. The predicted octanol–water partition coefficient (Wildman–Crippen LogP) is 4.79. The number of nitrogens with zero attached hydrogens (tertiary/aromatic N) is 1. The fraction of sp³-hybridized carbons (Fsp3) is 0.0833. The van der Waals surface area contributed by atoms with Gasteiger partial charge < -0.3 is 0 Å². The number of halogens is 2. The van der Waals surface area contributed by atoms with E-state index < -0.39 is 0 Å². The van der Waals surface area contributed by atoms with Crippen molar-refractivity contribution in [1.29, 1.82) is 0 Å². The van der Waals surface area contributed by atoms with Crippen molar-refractivity contribution in [3.8, 4) is 0 Å². The van der Waals surface area contributed by atoms with Crippen molar-refractivity contribution in [2.45, 2.75) is 10.6 Å². The maximum Gasteiger partial charge on any atom is 0.0507 e. The normalized spacial score (nSPS) is 10.4. The lowest BCUT2D eigenvalue weighted by Gasteiger charge is -2.01. The molecular weight excluding hydrogens is 306 g/mol. The van der Waals surface area contributed by atoms with E-state index in [1.165, 1.54) is 4.90 Å². The molecule has 0 saturated carbocycles. The molecule has 0 bridgehead atoms.